The molecule has 8 heteroatoms. The van der Waals surface area contributed by atoms with E-state index in [-0.39, 0.29) is 11.9 Å². The molecule has 140 valence electrons. The molecule has 1 aliphatic rings. The van der Waals surface area contributed by atoms with Crippen LogP contribution in [0.15, 0.2) is 48.5 Å². The average Bonchev–Trinajstić information content (AvgIpc) is 3.10. The van der Waals surface area contributed by atoms with Crippen molar-refractivity contribution in [2.24, 2.45) is 7.05 Å². The summed E-state index contributed by atoms with van der Waals surface area (Å²) in [4.78, 5) is 4.51. The summed E-state index contributed by atoms with van der Waals surface area (Å²) in [5, 5.41) is 12.6. The zero-order valence-corrected chi connectivity index (χ0v) is 15.7. The SMILES string of the molecule is Cn1nnnc1C(c1ccccc1F)N1CCN(c2cccc(Cl)c2)CC1. The summed E-state index contributed by atoms with van der Waals surface area (Å²) in [6, 6.07) is 14.4. The lowest BCUT2D eigenvalue weighted by Crippen LogP contribution is -2.48. The Labute approximate surface area is 162 Å². The monoisotopic (exact) mass is 386 g/mol. The maximum Gasteiger partial charge on any atom is 0.172 e. The summed E-state index contributed by atoms with van der Waals surface area (Å²) in [7, 11) is 1.78. The molecule has 6 nitrogen and oxygen atoms in total. The molecule has 3 aromatic rings. The standard InChI is InChI=1S/C19H20ClFN6/c1-25-19(22-23-24-25)18(16-7-2-3-8-17(16)21)27-11-9-26(10-12-27)15-6-4-5-14(20)13-15/h2-8,13,18H,9-12H2,1H3. The van der Waals surface area contributed by atoms with Gasteiger partial charge in [-0.25, -0.2) is 9.07 Å². The van der Waals surface area contributed by atoms with Gasteiger partial charge in [0.2, 0.25) is 0 Å². The van der Waals surface area contributed by atoms with Crippen LogP contribution in [0.25, 0.3) is 0 Å². The number of benzene rings is 2. The van der Waals surface area contributed by atoms with E-state index in [2.05, 4.69) is 31.4 Å². The van der Waals surface area contributed by atoms with E-state index in [0.717, 1.165) is 36.9 Å². The van der Waals surface area contributed by atoms with Gasteiger partial charge in [-0.1, -0.05) is 35.9 Å². The first-order chi connectivity index (χ1) is 13.1. The number of nitrogens with zero attached hydrogens (tertiary/aromatic N) is 6. The van der Waals surface area contributed by atoms with Crippen LogP contribution in [-0.2, 0) is 7.05 Å². The zero-order chi connectivity index (χ0) is 18.8. The number of piperazine rings is 1. The van der Waals surface area contributed by atoms with E-state index in [1.165, 1.54) is 6.07 Å². The minimum Gasteiger partial charge on any atom is -0.369 e. The Morgan fingerprint density at radius 3 is 2.48 bits per heavy atom. The molecule has 0 saturated carbocycles. The molecular weight excluding hydrogens is 367 g/mol. The summed E-state index contributed by atoms with van der Waals surface area (Å²) in [6.07, 6.45) is 0. The topological polar surface area (TPSA) is 50.1 Å². The Hall–Kier alpha value is -2.51. The minimum atomic E-state index is -0.326. The second kappa shape index (κ2) is 7.62. The highest BCUT2D eigenvalue weighted by Crippen LogP contribution is 2.30. The van der Waals surface area contributed by atoms with Gasteiger partial charge in [-0.05, 0) is 34.7 Å². The van der Waals surface area contributed by atoms with Gasteiger partial charge in [-0.3, -0.25) is 4.90 Å². The second-order valence-electron chi connectivity index (χ2n) is 6.59. The molecule has 0 aliphatic carbocycles. The van der Waals surface area contributed by atoms with Crippen LogP contribution < -0.4 is 4.90 Å². The quantitative estimate of drug-likeness (QED) is 0.690. The molecule has 27 heavy (non-hydrogen) atoms. The molecule has 0 bridgehead atoms. The van der Waals surface area contributed by atoms with Gasteiger partial charge in [0.15, 0.2) is 5.82 Å². The number of halogens is 2. The van der Waals surface area contributed by atoms with Crippen LogP contribution >= 0.6 is 11.6 Å². The van der Waals surface area contributed by atoms with E-state index in [1.54, 1.807) is 23.9 Å². The van der Waals surface area contributed by atoms with Gasteiger partial charge in [0.25, 0.3) is 0 Å². The summed E-state index contributed by atoms with van der Waals surface area (Å²) in [6.45, 7) is 3.16. The molecule has 4 rings (SSSR count). The van der Waals surface area contributed by atoms with E-state index < -0.39 is 0 Å². The Kier molecular flexibility index (Phi) is 5.05. The van der Waals surface area contributed by atoms with Crippen molar-refractivity contribution in [2.75, 3.05) is 31.1 Å². The first-order valence-corrected chi connectivity index (χ1v) is 9.22. The van der Waals surface area contributed by atoms with Crippen molar-refractivity contribution in [3.8, 4) is 0 Å². The molecule has 0 radical (unpaired) electrons. The third-order valence-electron chi connectivity index (χ3n) is 4.95. The van der Waals surface area contributed by atoms with Crippen molar-refractivity contribution in [1.82, 2.24) is 25.1 Å². The Bertz CT molecular complexity index is 922. The maximum absolute atomic E-state index is 14.6. The summed E-state index contributed by atoms with van der Waals surface area (Å²) in [5.74, 6) is 0.388. The van der Waals surface area contributed by atoms with E-state index in [0.29, 0.717) is 11.4 Å². The molecule has 1 aromatic heterocycles. The van der Waals surface area contributed by atoms with Gasteiger partial charge < -0.3 is 4.90 Å². The molecule has 0 amide bonds. The average molecular weight is 387 g/mol. The lowest BCUT2D eigenvalue weighted by molar-refractivity contribution is 0.198. The van der Waals surface area contributed by atoms with Gasteiger partial charge in [-0.15, -0.1) is 5.10 Å². The molecular formula is C19H20ClFN6. The van der Waals surface area contributed by atoms with Crippen molar-refractivity contribution in [3.63, 3.8) is 0 Å². The zero-order valence-electron chi connectivity index (χ0n) is 15.0. The van der Waals surface area contributed by atoms with Crippen LogP contribution in [0.1, 0.15) is 17.4 Å². The highest BCUT2D eigenvalue weighted by molar-refractivity contribution is 6.30. The molecule has 0 N–H and O–H groups in total. The largest absolute Gasteiger partial charge is 0.369 e. The molecule has 2 aromatic carbocycles. The number of hydrogen-bond acceptors (Lipinski definition) is 5. The number of hydrogen-bond donors (Lipinski definition) is 0. The van der Waals surface area contributed by atoms with Crippen molar-refractivity contribution in [1.29, 1.82) is 0 Å². The molecule has 1 saturated heterocycles. The smallest absolute Gasteiger partial charge is 0.172 e. The minimum absolute atomic E-state index is 0.247. The number of tetrazole rings is 1. The van der Waals surface area contributed by atoms with Crippen LogP contribution in [0.5, 0.6) is 0 Å². The van der Waals surface area contributed by atoms with Gasteiger partial charge >= 0.3 is 0 Å². The van der Waals surface area contributed by atoms with Crippen LogP contribution in [0.3, 0.4) is 0 Å². The number of aromatic nitrogens is 4. The fourth-order valence-corrected chi connectivity index (χ4v) is 3.76. The number of rotatable bonds is 4. The van der Waals surface area contributed by atoms with E-state index >= 15 is 0 Å². The van der Waals surface area contributed by atoms with Crippen molar-refractivity contribution in [3.05, 3.63) is 70.8 Å². The van der Waals surface area contributed by atoms with Gasteiger partial charge in [0.1, 0.15) is 11.9 Å². The lowest BCUT2D eigenvalue weighted by Gasteiger charge is -2.39. The number of anilines is 1. The Balaban J connectivity index is 1.59. The van der Waals surface area contributed by atoms with Crippen LogP contribution in [0.2, 0.25) is 5.02 Å². The predicted octanol–water partition coefficient (Wildman–Crippen LogP) is 2.91. The summed E-state index contributed by atoms with van der Waals surface area (Å²) >= 11 is 6.12. The fourth-order valence-electron chi connectivity index (χ4n) is 3.58. The molecule has 1 atom stereocenters. The molecule has 2 heterocycles. The Morgan fingerprint density at radius 2 is 1.81 bits per heavy atom. The second-order valence-corrected chi connectivity index (χ2v) is 7.02. The first-order valence-electron chi connectivity index (χ1n) is 8.85. The third-order valence-corrected chi connectivity index (χ3v) is 5.19. The van der Waals surface area contributed by atoms with E-state index in [1.807, 2.05) is 24.3 Å². The highest BCUT2D eigenvalue weighted by Gasteiger charge is 2.31. The predicted molar refractivity (Wildman–Crippen MR) is 102 cm³/mol. The normalized spacial score (nSPS) is 16.5. The van der Waals surface area contributed by atoms with Crippen LogP contribution in [0.4, 0.5) is 10.1 Å². The van der Waals surface area contributed by atoms with Crippen LogP contribution in [-0.4, -0.2) is 51.3 Å². The van der Waals surface area contributed by atoms with Crippen molar-refractivity contribution < 1.29 is 4.39 Å². The third kappa shape index (κ3) is 3.65. The summed E-state index contributed by atoms with van der Waals surface area (Å²) < 4.78 is 16.2. The molecule has 1 aliphatic heterocycles. The fraction of sp³-hybridized carbons (Fsp3) is 0.316. The first kappa shape index (κ1) is 17.9. The highest BCUT2D eigenvalue weighted by atomic mass is 35.5. The van der Waals surface area contributed by atoms with Gasteiger partial charge in [0, 0.05) is 49.5 Å². The van der Waals surface area contributed by atoms with Crippen LogP contribution in [0, 0.1) is 5.82 Å². The van der Waals surface area contributed by atoms with E-state index in [9.17, 15) is 4.39 Å². The maximum atomic E-state index is 14.6. The van der Waals surface area contributed by atoms with Crippen molar-refractivity contribution >= 4 is 17.3 Å². The molecule has 1 fully saturated rings. The van der Waals surface area contributed by atoms with Gasteiger partial charge in [-0.2, -0.15) is 0 Å². The Morgan fingerprint density at radius 1 is 1.04 bits per heavy atom. The van der Waals surface area contributed by atoms with Gasteiger partial charge in [0.05, 0.1) is 0 Å². The van der Waals surface area contributed by atoms with Crippen molar-refractivity contribution in [2.45, 2.75) is 6.04 Å². The summed E-state index contributed by atoms with van der Waals surface area (Å²) in [5.41, 5.74) is 1.69. The lowest BCUT2D eigenvalue weighted by atomic mass is 10.0. The molecule has 1 unspecified atom stereocenters. The van der Waals surface area contributed by atoms with E-state index in [4.69, 9.17) is 11.6 Å². The molecule has 0 spiro atoms. The number of aryl methyl sites for hydroxylation is 1.